The van der Waals surface area contributed by atoms with Crippen LogP contribution in [-0.4, -0.2) is 18.0 Å². The average Bonchev–Trinajstić information content (AvgIpc) is 2.80. The van der Waals surface area contributed by atoms with Crippen molar-refractivity contribution in [1.29, 1.82) is 0 Å². The van der Waals surface area contributed by atoms with Crippen molar-refractivity contribution in [1.82, 2.24) is 5.43 Å². The first-order chi connectivity index (χ1) is 15.5. The molecule has 7 heteroatoms. The van der Waals surface area contributed by atoms with Crippen molar-refractivity contribution in [2.75, 3.05) is 5.32 Å². The number of nitrogens with one attached hydrogen (secondary N) is 2. The number of hydrogen-bond donors (Lipinski definition) is 2. The first-order valence-corrected chi connectivity index (χ1v) is 10.9. The summed E-state index contributed by atoms with van der Waals surface area (Å²) < 4.78 is 6.90. The number of ether oxygens (including phenoxy) is 1. The fourth-order valence-electron chi connectivity index (χ4n) is 2.78. The predicted molar refractivity (Wildman–Crippen MR) is 130 cm³/mol. The number of halogens is 1. The molecule has 3 aromatic carbocycles. The van der Waals surface area contributed by atoms with Crippen LogP contribution in [0.5, 0.6) is 5.75 Å². The number of amides is 2. The first-order valence-electron chi connectivity index (χ1n) is 10.1. The molecule has 0 bridgehead atoms. The van der Waals surface area contributed by atoms with Gasteiger partial charge in [-0.15, -0.1) is 0 Å². The molecule has 2 N–H and O–H groups in total. The molecule has 0 radical (unpaired) electrons. The lowest BCUT2D eigenvalue weighted by Gasteiger charge is -2.09. The summed E-state index contributed by atoms with van der Waals surface area (Å²) in [6.07, 6.45) is 1.64. The van der Waals surface area contributed by atoms with Gasteiger partial charge in [0, 0.05) is 28.6 Å². The van der Waals surface area contributed by atoms with E-state index in [1.807, 2.05) is 79.7 Å². The molecular formula is C25H24BrN3O3. The van der Waals surface area contributed by atoms with Crippen LogP contribution in [0.3, 0.4) is 0 Å². The SMILES string of the molecule is Cc1ccc(NC(=O)CCC(=O)N/N=C/c2ccccc2OCc2ccc(Br)cc2)cc1. The van der Waals surface area contributed by atoms with Gasteiger partial charge in [-0.3, -0.25) is 9.59 Å². The number of benzene rings is 3. The molecular weight excluding hydrogens is 470 g/mol. The zero-order chi connectivity index (χ0) is 22.8. The summed E-state index contributed by atoms with van der Waals surface area (Å²) in [6, 6.07) is 22.8. The Balaban J connectivity index is 1.45. The topological polar surface area (TPSA) is 79.8 Å². The minimum Gasteiger partial charge on any atom is -0.488 e. The van der Waals surface area contributed by atoms with Gasteiger partial charge in [0.25, 0.3) is 0 Å². The molecule has 164 valence electrons. The van der Waals surface area contributed by atoms with Gasteiger partial charge in [0.05, 0.1) is 6.21 Å². The highest BCUT2D eigenvalue weighted by atomic mass is 79.9. The number of carbonyl (C=O) groups excluding carboxylic acids is 2. The molecule has 0 fully saturated rings. The van der Waals surface area contributed by atoms with Gasteiger partial charge in [-0.05, 0) is 48.9 Å². The Kier molecular flexibility index (Phi) is 8.57. The van der Waals surface area contributed by atoms with Crippen LogP contribution in [0.4, 0.5) is 5.69 Å². The van der Waals surface area contributed by atoms with Gasteiger partial charge in [-0.25, -0.2) is 5.43 Å². The van der Waals surface area contributed by atoms with Gasteiger partial charge in [0.15, 0.2) is 0 Å². The maximum Gasteiger partial charge on any atom is 0.240 e. The van der Waals surface area contributed by atoms with Gasteiger partial charge >= 0.3 is 0 Å². The molecule has 0 aliphatic carbocycles. The van der Waals surface area contributed by atoms with Crippen molar-refractivity contribution in [2.24, 2.45) is 5.10 Å². The third kappa shape index (κ3) is 7.67. The highest BCUT2D eigenvalue weighted by Crippen LogP contribution is 2.18. The standard InChI is InChI=1S/C25H24BrN3O3/c1-18-6-12-22(13-7-18)28-24(30)14-15-25(31)29-27-16-20-4-2-3-5-23(20)32-17-19-8-10-21(26)11-9-19/h2-13,16H,14-15,17H2,1H3,(H,28,30)(H,29,31)/b27-16+. The molecule has 3 aromatic rings. The minimum absolute atomic E-state index is 0.0384. The Morgan fingerprint density at radius 2 is 1.62 bits per heavy atom. The Bertz CT molecular complexity index is 1080. The lowest BCUT2D eigenvalue weighted by molar-refractivity contribution is -0.124. The first kappa shape index (κ1) is 23.2. The van der Waals surface area contributed by atoms with Crippen LogP contribution in [0.15, 0.2) is 82.4 Å². The summed E-state index contributed by atoms with van der Waals surface area (Å²) in [5, 5.41) is 6.77. The molecule has 2 amide bonds. The van der Waals surface area contributed by atoms with E-state index in [-0.39, 0.29) is 24.7 Å². The Morgan fingerprint density at radius 1 is 0.938 bits per heavy atom. The number of anilines is 1. The Morgan fingerprint density at radius 3 is 2.38 bits per heavy atom. The summed E-state index contributed by atoms with van der Waals surface area (Å²) >= 11 is 3.41. The van der Waals surface area contributed by atoms with E-state index in [0.717, 1.165) is 21.2 Å². The number of rotatable bonds is 9. The third-order valence-electron chi connectivity index (χ3n) is 4.53. The van der Waals surface area contributed by atoms with Gasteiger partial charge in [0.1, 0.15) is 12.4 Å². The van der Waals surface area contributed by atoms with E-state index in [0.29, 0.717) is 18.0 Å². The van der Waals surface area contributed by atoms with Gasteiger partial charge < -0.3 is 10.1 Å². The smallest absolute Gasteiger partial charge is 0.240 e. The number of nitrogens with zero attached hydrogens (tertiary/aromatic N) is 1. The summed E-state index contributed by atoms with van der Waals surface area (Å²) in [4.78, 5) is 24.0. The highest BCUT2D eigenvalue weighted by molar-refractivity contribution is 9.10. The number of hydrazone groups is 1. The fraction of sp³-hybridized carbons (Fsp3) is 0.160. The van der Waals surface area contributed by atoms with Crippen molar-refractivity contribution < 1.29 is 14.3 Å². The molecule has 0 heterocycles. The molecule has 0 aromatic heterocycles. The third-order valence-corrected chi connectivity index (χ3v) is 5.06. The fourth-order valence-corrected chi connectivity index (χ4v) is 3.04. The van der Waals surface area contributed by atoms with E-state index in [2.05, 4.69) is 31.8 Å². The van der Waals surface area contributed by atoms with Crippen molar-refractivity contribution in [2.45, 2.75) is 26.4 Å². The van der Waals surface area contributed by atoms with Crippen LogP contribution in [0.2, 0.25) is 0 Å². The monoisotopic (exact) mass is 493 g/mol. The Hall–Kier alpha value is -3.45. The number of hydrogen-bond acceptors (Lipinski definition) is 4. The molecule has 32 heavy (non-hydrogen) atoms. The zero-order valence-corrected chi connectivity index (χ0v) is 19.3. The molecule has 3 rings (SSSR count). The maximum absolute atomic E-state index is 12.0. The zero-order valence-electron chi connectivity index (χ0n) is 17.7. The van der Waals surface area contributed by atoms with E-state index < -0.39 is 0 Å². The molecule has 0 aliphatic heterocycles. The van der Waals surface area contributed by atoms with Gasteiger partial charge in [0.2, 0.25) is 11.8 Å². The van der Waals surface area contributed by atoms with Crippen LogP contribution >= 0.6 is 15.9 Å². The number of aryl methyl sites for hydroxylation is 1. The number of para-hydroxylation sites is 1. The number of carbonyl (C=O) groups is 2. The van der Waals surface area contributed by atoms with E-state index >= 15 is 0 Å². The minimum atomic E-state index is -0.339. The van der Waals surface area contributed by atoms with E-state index in [1.54, 1.807) is 0 Å². The lowest BCUT2D eigenvalue weighted by atomic mass is 10.2. The largest absolute Gasteiger partial charge is 0.488 e. The van der Waals surface area contributed by atoms with Crippen molar-refractivity contribution in [3.05, 3.63) is 94.0 Å². The summed E-state index contributed by atoms with van der Waals surface area (Å²) in [5.74, 6) is 0.0964. The van der Waals surface area contributed by atoms with Crippen LogP contribution < -0.4 is 15.5 Å². The van der Waals surface area contributed by atoms with Crippen LogP contribution in [0.25, 0.3) is 0 Å². The normalized spacial score (nSPS) is 10.7. The maximum atomic E-state index is 12.0. The van der Waals surface area contributed by atoms with E-state index in [9.17, 15) is 9.59 Å². The van der Waals surface area contributed by atoms with Gasteiger partial charge in [-0.2, -0.15) is 5.10 Å². The van der Waals surface area contributed by atoms with Crippen LogP contribution in [0.1, 0.15) is 29.5 Å². The molecule has 6 nitrogen and oxygen atoms in total. The van der Waals surface area contributed by atoms with E-state index in [4.69, 9.17) is 4.74 Å². The van der Waals surface area contributed by atoms with Crippen LogP contribution in [0, 0.1) is 6.92 Å². The summed E-state index contributed by atoms with van der Waals surface area (Å²) in [5.41, 5.74) is 6.05. The van der Waals surface area contributed by atoms with Crippen LogP contribution in [-0.2, 0) is 16.2 Å². The molecule has 0 atom stereocenters. The summed E-state index contributed by atoms with van der Waals surface area (Å²) in [6.45, 7) is 2.39. The molecule has 0 saturated heterocycles. The molecule has 0 spiro atoms. The van der Waals surface area contributed by atoms with Crippen molar-refractivity contribution in [3.63, 3.8) is 0 Å². The molecule has 0 aliphatic rings. The quantitative estimate of drug-likeness (QED) is 0.317. The van der Waals surface area contributed by atoms with Crippen molar-refractivity contribution in [3.8, 4) is 5.75 Å². The lowest BCUT2D eigenvalue weighted by Crippen LogP contribution is -2.20. The highest BCUT2D eigenvalue weighted by Gasteiger charge is 2.07. The summed E-state index contributed by atoms with van der Waals surface area (Å²) in [7, 11) is 0. The molecule has 0 saturated carbocycles. The second-order valence-corrected chi connectivity index (χ2v) is 8.08. The van der Waals surface area contributed by atoms with E-state index in [1.165, 1.54) is 6.21 Å². The second kappa shape index (κ2) is 11.8. The van der Waals surface area contributed by atoms with Crippen molar-refractivity contribution >= 4 is 39.6 Å². The second-order valence-electron chi connectivity index (χ2n) is 7.16. The predicted octanol–water partition coefficient (Wildman–Crippen LogP) is 5.21. The van der Waals surface area contributed by atoms with Gasteiger partial charge in [-0.1, -0.05) is 57.9 Å². The average molecular weight is 494 g/mol. The Labute approximate surface area is 195 Å². The molecule has 0 unspecified atom stereocenters.